The summed E-state index contributed by atoms with van der Waals surface area (Å²) in [7, 11) is -3.21. The lowest BCUT2D eigenvalue weighted by molar-refractivity contribution is 0.0676. The Balaban J connectivity index is 1.54. The molecule has 27 heavy (non-hydrogen) atoms. The highest BCUT2D eigenvalue weighted by Crippen LogP contribution is 2.20. The summed E-state index contributed by atoms with van der Waals surface area (Å²) < 4.78 is 30.7. The lowest BCUT2D eigenvalue weighted by Gasteiger charge is -2.32. The van der Waals surface area contributed by atoms with Crippen LogP contribution in [0.25, 0.3) is 0 Å². The van der Waals surface area contributed by atoms with E-state index in [2.05, 4.69) is 9.71 Å². The summed E-state index contributed by atoms with van der Waals surface area (Å²) in [6, 6.07) is 7.09. The van der Waals surface area contributed by atoms with Gasteiger partial charge in [-0.15, -0.1) is 11.3 Å². The molecule has 1 aliphatic heterocycles. The molecule has 2 heterocycles. The Kier molecular flexibility index (Phi) is 6.46. The van der Waals surface area contributed by atoms with Crippen LogP contribution in [-0.2, 0) is 16.6 Å². The fraction of sp³-hybridized carbons (Fsp3) is 0.444. The number of ether oxygens (including phenoxy) is 1. The summed E-state index contributed by atoms with van der Waals surface area (Å²) >= 11 is 1.52. The molecule has 1 N–H and O–H groups in total. The molecule has 0 spiro atoms. The first-order chi connectivity index (χ1) is 12.9. The van der Waals surface area contributed by atoms with E-state index < -0.39 is 10.0 Å². The second kappa shape index (κ2) is 8.81. The fourth-order valence-corrected chi connectivity index (χ4v) is 4.11. The number of rotatable bonds is 7. The average Bonchev–Trinajstić information content (AvgIpc) is 3.18. The van der Waals surface area contributed by atoms with Gasteiger partial charge in [0.1, 0.15) is 12.4 Å². The Morgan fingerprint density at radius 1 is 1.37 bits per heavy atom. The molecule has 0 unspecified atom stereocenters. The molecule has 146 valence electrons. The summed E-state index contributed by atoms with van der Waals surface area (Å²) in [5.41, 5.74) is 3.24. The molecular weight excluding hydrogens is 386 g/mol. The van der Waals surface area contributed by atoms with Crippen molar-refractivity contribution in [1.29, 1.82) is 0 Å². The largest absolute Gasteiger partial charge is 0.487 e. The molecule has 0 saturated carbocycles. The third-order valence-electron chi connectivity index (χ3n) is 4.41. The first-order valence-corrected chi connectivity index (χ1v) is 11.6. The average molecular weight is 410 g/mol. The molecule has 0 bridgehead atoms. The van der Waals surface area contributed by atoms with Crippen molar-refractivity contribution in [3.05, 3.63) is 46.4 Å². The van der Waals surface area contributed by atoms with Crippen molar-refractivity contribution >= 4 is 27.3 Å². The van der Waals surface area contributed by atoms with Gasteiger partial charge in [0.25, 0.3) is 5.91 Å². The number of sulfonamides is 1. The van der Waals surface area contributed by atoms with E-state index >= 15 is 0 Å². The number of carbonyl (C=O) groups excluding carboxylic acids is 1. The molecule has 1 atom stereocenters. The van der Waals surface area contributed by atoms with Crippen LogP contribution in [0.15, 0.2) is 35.2 Å². The van der Waals surface area contributed by atoms with Gasteiger partial charge >= 0.3 is 0 Å². The minimum Gasteiger partial charge on any atom is -0.487 e. The zero-order valence-electron chi connectivity index (χ0n) is 15.1. The Bertz CT molecular complexity index is 851. The molecule has 1 saturated heterocycles. The zero-order valence-corrected chi connectivity index (χ0v) is 16.8. The molecule has 1 aromatic carbocycles. The van der Waals surface area contributed by atoms with Crippen molar-refractivity contribution in [1.82, 2.24) is 14.6 Å². The van der Waals surface area contributed by atoms with Crippen molar-refractivity contribution in [3.63, 3.8) is 0 Å². The summed E-state index contributed by atoms with van der Waals surface area (Å²) in [5.74, 6) is 0.789. The number of carbonyl (C=O) groups is 1. The van der Waals surface area contributed by atoms with Gasteiger partial charge in [-0.2, -0.15) is 0 Å². The smallest absolute Gasteiger partial charge is 0.253 e. The maximum absolute atomic E-state index is 12.7. The van der Waals surface area contributed by atoms with E-state index in [0.29, 0.717) is 37.6 Å². The first-order valence-electron chi connectivity index (χ1n) is 8.74. The van der Waals surface area contributed by atoms with Crippen molar-refractivity contribution < 1.29 is 17.9 Å². The third-order valence-corrected chi connectivity index (χ3v) is 5.74. The number of likely N-dealkylation sites (tertiary alicyclic amines) is 1. The molecule has 0 aliphatic carbocycles. The summed E-state index contributed by atoms with van der Waals surface area (Å²) in [5, 5.41) is 1.93. The lowest BCUT2D eigenvalue weighted by atomic mass is 9.97. The molecular formula is C18H23N3O4S2. The number of piperidine rings is 1. The van der Waals surface area contributed by atoms with Gasteiger partial charge in [-0.25, -0.2) is 18.1 Å². The van der Waals surface area contributed by atoms with E-state index in [9.17, 15) is 13.2 Å². The van der Waals surface area contributed by atoms with Crippen LogP contribution in [0.4, 0.5) is 0 Å². The topological polar surface area (TPSA) is 88.6 Å². The van der Waals surface area contributed by atoms with Crippen LogP contribution in [0.1, 0.15) is 28.9 Å². The van der Waals surface area contributed by atoms with E-state index in [0.717, 1.165) is 24.8 Å². The van der Waals surface area contributed by atoms with Crippen molar-refractivity contribution in [2.75, 3.05) is 25.9 Å². The quantitative estimate of drug-likeness (QED) is 0.757. The van der Waals surface area contributed by atoms with Gasteiger partial charge in [-0.05, 0) is 43.0 Å². The zero-order chi connectivity index (χ0) is 19.3. The van der Waals surface area contributed by atoms with Crippen molar-refractivity contribution in [2.45, 2.75) is 19.4 Å². The monoisotopic (exact) mass is 409 g/mol. The van der Waals surface area contributed by atoms with Gasteiger partial charge in [-0.3, -0.25) is 4.79 Å². The highest BCUT2D eigenvalue weighted by atomic mass is 32.2. The molecule has 1 fully saturated rings. The normalized spacial score (nSPS) is 17.7. The first kappa shape index (κ1) is 19.8. The number of hydrogen-bond donors (Lipinski definition) is 1. The van der Waals surface area contributed by atoms with Crippen LogP contribution < -0.4 is 9.46 Å². The number of nitrogens with one attached hydrogen (secondary N) is 1. The maximum Gasteiger partial charge on any atom is 0.253 e. The molecule has 1 amide bonds. The highest BCUT2D eigenvalue weighted by molar-refractivity contribution is 7.88. The van der Waals surface area contributed by atoms with Crippen LogP contribution >= 0.6 is 11.3 Å². The van der Waals surface area contributed by atoms with E-state index in [4.69, 9.17) is 4.74 Å². The highest BCUT2D eigenvalue weighted by Gasteiger charge is 2.25. The van der Waals surface area contributed by atoms with Gasteiger partial charge in [-0.1, -0.05) is 0 Å². The number of thiazole rings is 1. The van der Waals surface area contributed by atoms with Crippen LogP contribution in [0.3, 0.4) is 0 Å². The minimum absolute atomic E-state index is 0.0369. The van der Waals surface area contributed by atoms with Crippen molar-refractivity contribution in [3.8, 4) is 5.75 Å². The number of nitrogens with zero attached hydrogens (tertiary/aromatic N) is 2. The van der Waals surface area contributed by atoms with Gasteiger partial charge in [0.05, 0.1) is 17.5 Å². The van der Waals surface area contributed by atoms with E-state index in [-0.39, 0.29) is 11.8 Å². The number of amides is 1. The fourth-order valence-electron chi connectivity index (χ4n) is 3.03. The predicted molar refractivity (Wildman–Crippen MR) is 104 cm³/mol. The van der Waals surface area contributed by atoms with Gasteiger partial charge in [0.15, 0.2) is 0 Å². The van der Waals surface area contributed by atoms with Crippen molar-refractivity contribution in [2.24, 2.45) is 5.92 Å². The van der Waals surface area contributed by atoms with Gasteiger partial charge in [0, 0.05) is 30.6 Å². The van der Waals surface area contributed by atoms with E-state index in [1.165, 1.54) is 11.3 Å². The van der Waals surface area contributed by atoms with Gasteiger partial charge < -0.3 is 9.64 Å². The summed E-state index contributed by atoms with van der Waals surface area (Å²) in [6.07, 6.45) is 2.93. The van der Waals surface area contributed by atoms with Crippen LogP contribution in [0, 0.1) is 5.92 Å². The van der Waals surface area contributed by atoms with Gasteiger partial charge in [0.2, 0.25) is 10.0 Å². The van der Waals surface area contributed by atoms with E-state index in [1.54, 1.807) is 34.7 Å². The molecule has 0 radical (unpaired) electrons. The Morgan fingerprint density at radius 2 is 2.15 bits per heavy atom. The molecule has 9 heteroatoms. The number of benzene rings is 1. The summed E-state index contributed by atoms with van der Waals surface area (Å²) in [4.78, 5) is 18.7. The molecule has 7 nitrogen and oxygen atoms in total. The van der Waals surface area contributed by atoms with Crippen LogP contribution in [-0.4, -0.2) is 50.1 Å². The Labute approximate surface area is 163 Å². The Hall–Kier alpha value is -1.97. The second-order valence-electron chi connectivity index (χ2n) is 6.67. The Morgan fingerprint density at radius 3 is 2.81 bits per heavy atom. The SMILES string of the molecule is CS(=O)(=O)NC[C@@H]1CCCN(C(=O)c2ccc(OCc3cscn3)cc2)C1. The number of aromatic nitrogens is 1. The maximum atomic E-state index is 12.7. The van der Waals surface area contributed by atoms with Crippen LogP contribution in [0.5, 0.6) is 5.75 Å². The predicted octanol–water partition coefficient (Wildman–Crippen LogP) is 2.12. The molecule has 2 aromatic rings. The second-order valence-corrected chi connectivity index (χ2v) is 9.22. The van der Waals surface area contributed by atoms with Crippen LogP contribution in [0.2, 0.25) is 0 Å². The minimum atomic E-state index is -3.21. The standard InChI is InChI=1S/C18H23N3O4S2/c1-27(23,24)20-9-14-3-2-8-21(10-14)18(22)15-4-6-17(7-5-15)25-11-16-12-26-13-19-16/h4-7,12-14,20H,2-3,8-11H2,1H3/t14-/m0/s1. The molecule has 3 rings (SSSR count). The summed E-state index contributed by atoms with van der Waals surface area (Å²) in [6.45, 7) is 2.02. The molecule has 1 aliphatic rings. The molecule has 1 aromatic heterocycles. The third kappa shape index (κ3) is 6.02. The number of hydrogen-bond acceptors (Lipinski definition) is 6. The van der Waals surface area contributed by atoms with E-state index in [1.807, 2.05) is 5.38 Å². The lowest BCUT2D eigenvalue weighted by Crippen LogP contribution is -2.43.